The quantitative estimate of drug-likeness (QED) is 0.580. The molecule has 0 atom stereocenters. The molecule has 0 aliphatic rings. The lowest BCUT2D eigenvalue weighted by atomic mass is 10.1. The van der Waals surface area contributed by atoms with Crippen LogP contribution in [0.15, 0.2) is 29.3 Å². The lowest BCUT2D eigenvalue weighted by Gasteiger charge is -2.11. The number of aromatic nitrogens is 2. The Balaban J connectivity index is 1.63. The molecule has 2 amide bonds. The van der Waals surface area contributed by atoms with Crippen molar-refractivity contribution in [1.29, 1.82) is 0 Å². The SMILES string of the molecule is Cc1ccc(NCC(=O)NNC(=O)c2sc3ncn(C)c(=O)c3c2C)c(C)c1. The highest BCUT2D eigenvalue weighted by Crippen LogP contribution is 2.26. The van der Waals surface area contributed by atoms with Crippen molar-refractivity contribution in [2.75, 3.05) is 11.9 Å². The highest BCUT2D eigenvalue weighted by molar-refractivity contribution is 7.20. The molecule has 0 radical (unpaired) electrons. The number of nitrogens with one attached hydrogen (secondary N) is 3. The molecule has 0 aliphatic heterocycles. The van der Waals surface area contributed by atoms with E-state index in [1.54, 1.807) is 14.0 Å². The van der Waals surface area contributed by atoms with E-state index in [0.29, 0.717) is 20.7 Å². The van der Waals surface area contributed by atoms with E-state index in [9.17, 15) is 14.4 Å². The molecular weight excluding hydrogens is 378 g/mol. The molecule has 8 nitrogen and oxygen atoms in total. The van der Waals surface area contributed by atoms with Gasteiger partial charge < -0.3 is 9.88 Å². The van der Waals surface area contributed by atoms with Crippen LogP contribution >= 0.6 is 11.3 Å². The fraction of sp³-hybridized carbons (Fsp3) is 0.263. The fourth-order valence-electron chi connectivity index (χ4n) is 2.84. The molecule has 0 fully saturated rings. The number of amides is 2. The first-order valence-corrected chi connectivity index (χ1v) is 9.44. The molecule has 3 aromatic rings. The van der Waals surface area contributed by atoms with Gasteiger partial charge in [0, 0.05) is 12.7 Å². The second-order valence-corrected chi connectivity index (χ2v) is 7.57. The second kappa shape index (κ2) is 7.81. The van der Waals surface area contributed by atoms with Crippen LogP contribution in [0.25, 0.3) is 10.2 Å². The predicted octanol–water partition coefficient (Wildman–Crippen LogP) is 1.79. The molecule has 0 bridgehead atoms. The van der Waals surface area contributed by atoms with E-state index in [0.717, 1.165) is 28.2 Å². The van der Waals surface area contributed by atoms with Crippen LogP contribution in [0.2, 0.25) is 0 Å². The van der Waals surface area contributed by atoms with Crippen LogP contribution in [0.1, 0.15) is 26.4 Å². The maximum atomic E-state index is 12.4. The van der Waals surface area contributed by atoms with E-state index in [1.807, 2.05) is 32.0 Å². The van der Waals surface area contributed by atoms with Gasteiger partial charge in [0.1, 0.15) is 4.83 Å². The Bertz CT molecular complexity index is 1130. The van der Waals surface area contributed by atoms with Gasteiger partial charge in [0.25, 0.3) is 17.4 Å². The minimum atomic E-state index is -0.484. The van der Waals surface area contributed by atoms with Crippen molar-refractivity contribution in [3.05, 3.63) is 56.4 Å². The second-order valence-electron chi connectivity index (χ2n) is 6.57. The summed E-state index contributed by atoms with van der Waals surface area (Å²) in [5.74, 6) is -0.872. The molecule has 0 spiro atoms. The number of rotatable bonds is 4. The lowest BCUT2D eigenvalue weighted by Crippen LogP contribution is -2.44. The van der Waals surface area contributed by atoms with Gasteiger partial charge in [0.05, 0.1) is 23.1 Å². The first-order valence-electron chi connectivity index (χ1n) is 8.63. The van der Waals surface area contributed by atoms with Gasteiger partial charge in [-0.3, -0.25) is 25.2 Å². The van der Waals surface area contributed by atoms with Crippen LogP contribution in [-0.2, 0) is 11.8 Å². The number of thiophene rings is 1. The number of aryl methyl sites for hydroxylation is 4. The summed E-state index contributed by atoms with van der Waals surface area (Å²) in [6, 6.07) is 5.88. The van der Waals surface area contributed by atoms with Gasteiger partial charge in [-0.1, -0.05) is 17.7 Å². The maximum absolute atomic E-state index is 12.4. The highest BCUT2D eigenvalue weighted by atomic mass is 32.1. The molecule has 1 aromatic carbocycles. The number of nitrogens with zero attached hydrogens (tertiary/aromatic N) is 2. The average molecular weight is 399 g/mol. The summed E-state index contributed by atoms with van der Waals surface area (Å²) in [5.41, 5.74) is 8.14. The minimum absolute atomic E-state index is 0.0116. The highest BCUT2D eigenvalue weighted by Gasteiger charge is 2.19. The monoisotopic (exact) mass is 399 g/mol. The summed E-state index contributed by atoms with van der Waals surface area (Å²) < 4.78 is 1.37. The topological polar surface area (TPSA) is 105 Å². The number of anilines is 1. The first-order chi connectivity index (χ1) is 13.3. The molecule has 0 unspecified atom stereocenters. The van der Waals surface area contributed by atoms with Crippen molar-refractivity contribution in [2.24, 2.45) is 7.05 Å². The molecule has 9 heteroatoms. The van der Waals surface area contributed by atoms with E-state index >= 15 is 0 Å². The zero-order valence-electron chi connectivity index (χ0n) is 16.0. The van der Waals surface area contributed by atoms with Crippen molar-refractivity contribution in [1.82, 2.24) is 20.4 Å². The van der Waals surface area contributed by atoms with Crippen LogP contribution in [0, 0.1) is 20.8 Å². The molecule has 146 valence electrons. The minimum Gasteiger partial charge on any atom is -0.376 e. The van der Waals surface area contributed by atoms with Crippen LogP contribution < -0.4 is 21.7 Å². The molecule has 2 heterocycles. The van der Waals surface area contributed by atoms with Gasteiger partial charge in [-0.15, -0.1) is 11.3 Å². The smallest absolute Gasteiger partial charge is 0.280 e. The Hall–Kier alpha value is -3.20. The molecule has 28 heavy (non-hydrogen) atoms. The normalized spacial score (nSPS) is 10.7. The summed E-state index contributed by atoms with van der Waals surface area (Å²) in [5, 5.41) is 3.45. The van der Waals surface area contributed by atoms with Crippen molar-refractivity contribution in [3.8, 4) is 0 Å². The van der Waals surface area contributed by atoms with Gasteiger partial charge in [0.2, 0.25) is 0 Å². The zero-order chi connectivity index (χ0) is 20.4. The number of fused-ring (bicyclic) bond motifs is 1. The third-order valence-electron chi connectivity index (χ3n) is 4.35. The number of carbonyl (C=O) groups is 2. The Morgan fingerprint density at radius 3 is 2.64 bits per heavy atom. The number of carbonyl (C=O) groups excluding carboxylic acids is 2. The Morgan fingerprint density at radius 2 is 1.93 bits per heavy atom. The Labute approximate surface area is 165 Å². The number of hydrazine groups is 1. The third kappa shape index (κ3) is 3.89. The summed E-state index contributed by atoms with van der Waals surface area (Å²) in [6.07, 6.45) is 1.42. The van der Waals surface area contributed by atoms with Crippen molar-refractivity contribution in [2.45, 2.75) is 20.8 Å². The largest absolute Gasteiger partial charge is 0.376 e. The summed E-state index contributed by atoms with van der Waals surface area (Å²) >= 11 is 1.12. The van der Waals surface area contributed by atoms with E-state index in [1.165, 1.54) is 10.9 Å². The van der Waals surface area contributed by atoms with Gasteiger partial charge in [-0.2, -0.15) is 0 Å². The van der Waals surface area contributed by atoms with E-state index in [-0.39, 0.29) is 18.0 Å². The Morgan fingerprint density at radius 1 is 1.18 bits per heavy atom. The molecule has 0 saturated heterocycles. The van der Waals surface area contributed by atoms with E-state index < -0.39 is 5.91 Å². The predicted molar refractivity (Wildman–Crippen MR) is 110 cm³/mol. The number of hydrogen-bond donors (Lipinski definition) is 3. The summed E-state index contributed by atoms with van der Waals surface area (Å²) in [4.78, 5) is 41.7. The number of benzene rings is 1. The van der Waals surface area contributed by atoms with Crippen molar-refractivity contribution >= 4 is 39.1 Å². The molecule has 3 rings (SSSR count). The van der Waals surface area contributed by atoms with Gasteiger partial charge in [-0.05, 0) is 38.0 Å². The average Bonchev–Trinajstić information content (AvgIpc) is 2.99. The molecule has 0 aliphatic carbocycles. The first kappa shape index (κ1) is 19.6. The van der Waals surface area contributed by atoms with Crippen molar-refractivity contribution in [3.63, 3.8) is 0 Å². The molecule has 3 N–H and O–H groups in total. The number of hydrogen-bond acceptors (Lipinski definition) is 6. The van der Waals surface area contributed by atoms with Crippen LogP contribution in [-0.4, -0.2) is 27.9 Å². The van der Waals surface area contributed by atoms with Crippen LogP contribution in [0.3, 0.4) is 0 Å². The zero-order valence-corrected chi connectivity index (χ0v) is 16.9. The van der Waals surface area contributed by atoms with E-state index in [4.69, 9.17) is 0 Å². The lowest BCUT2D eigenvalue weighted by molar-refractivity contribution is -0.120. The van der Waals surface area contributed by atoms with Crippen molar-refractivity contribution < 1.29 is 9.59 Å². The summed E-state index contributed by atoms with van der Waals surface area (Å²) in [6.45, 7) is 5.66. The van der Waals surface area contributed by atoms with Gasteiger partial charge in [-0.25, -0.2) is 4.98 Å². The van der Waals surface area contributed by atoms with Gasteiger partial charge in [0.15, 0.2) is 0 Å². The maximum Gasteiger partial charge on any atom is 0.280 e. The Kier molecular flexibility index (Phi) is 5.46. The standard InChI is InChI=1S/C19H21N5O3S/c1-10-5-6-13(11(2)7-10)20-8-14(25)22-23-17(26)16-12(3)15-18(28-16)21-9-24(4)19(15)27/h5-7,9,20H,8H2,1-4H3,(H,22,25)(H,23,26). The van der Waals surface area contributed by atoms with Crippen LogP contribution in [0.4, 0.5) is 5.69 Å². The molecule has 0 saturated carbocycles. The molecular formula is C19H21N5O3S. The van der Waals surface area contributed by atoms with E-state index in [2.05, 4.69) is 21.2 Å². The summed E-state index contributed by atoms with van der Waals surface area (Å²) in [7, 11) is 1.61. The van der Waals surface area contributed by atoms with Crippen LogP contribution in [0.5, 0.6) is 0 Å². The van der Waals surface area contributed by atoms with Gasteiger partial charge >= 0.3 is 0 Å². The third-order valence-corrected chi connectivity index (χ3v) is 5.55. The molecule has 2 aromatic heterocycles. The fourth-order valence-corrected chi connectivity index (χ4v) is 3.87.